The lowest BCUT2D eigenvalue weighted by molar-refractivity contribution is -0.125. The van der Waals surface area contributed by atoms with Gasteiger partial charge in [-0.05, 0) is 18.1 Å². The molecule has 0 aliphatic rings. The first-order chi connectivity index (χ1) is 6.91. The van der Waals surface area contributed by atoms with Crippen LogP contribution in [0.15, 0.2) is 24.5 Å². The van der Waals surface area contributed by atoms with Gasteiger partial charge >= 0.3 is 0 Å². The second-order valence-corrected chi connectivity index (χ2v) is 5.75. The fourth-order valence-corrected chi connectivity index (χ4v) is 2.35. The SMILES string of the molecule is Br.CC(C)(C)C(=O)C(Br)Cc1cccnc1. The summed E-state index contributed by atoms with van der Waals surface area (Å²) < 4.78 is 0. The summed E-state index contributed by atoms with van der Waals surface area (Å²) in [5.74, 6) is 0.228. The fraction of sp³-hybridized carbons (Fsp3) is 0.500. The Morgan fingerprint density at radius 1 is 1.50 bits per heavy atom. The molecule has 0 N–H and O–H groups in total. The standard InChI is InChI=1S/C12H16BrNO.BrH/c1-12(2,3)11(15)10(13)7-9-5-4-6-14-8-9;/h4-6,8,10H,7H2,1-3H3;1H. The van der Waals surface area contributed by atoms with Crippen LogP contribution in [0.3, 0.4) is 0 Å². The molecule has 0 radical (unpaired) electrons. The molecule has 0 aliphatic heterocycles. The Morgan fingerprint density at radius 3 is 2.56 bits per heavy atom. The molecule has 1 unspecified atom stereocenters. The van der Waals surface area contributed by atoms with Crippen LogP contribution >= 0.6 is 32.9 Å². The lowest BCUT2D eigenvalue weighted by Crippen LogP contribution is -2.30. The van der Waals surface area contributed by atoms with Crippen LogP contribution in [0.2, 0.25) is 0 Å². The zero-order chi connectivity index (χ0) is 11.5. The third-order valence-corrected chi connectivity index (χ3v) is 2.90. The number of hydrogen-bond donors (Lipinski definition) is 0. The molecule has 16 heavy (non-hydrogen) atoms. The summed E-state index contributed by atoms with van der Waals surface area (Å²) in [5.41, 5.74) is 0.785. The van der Waals surface area contributed by atoms with Gasteiger partial charge in [0, 0.05) is 17.8 Å². The van der Waals surface area contributed by atoms with Crippen LogP contribution in [0, 0.1) is 5.41 Å². The largest absolute Gasteiger partial charge is 0.298 e. The number of carbonyl (C=O) groups is 1. The average molecular weight is 351 g/mol. The molecular weight excluding hydrogens is 334 g/mol. The van der Waals surface area contributed by atoms with Crippen molar-refractivity contribution < 1.29 is 4.79 Å². The van der Waals surface area contributed by atoms with Crippen LogP contribution in [-0.2, 0) is 11.2 Å². The number of Topliss-reactive ketones (excluding diaryl/α,β-unsaturated/α-hetero) is 1. The van der Waals surface area contributed by atoms with Crippen molar-refractivity contribution in [3.8, 4) is 0 Å². The summed E-state index contributed by atoms with van der Waals surface area (Å²) in [7, 11) is 0. The number of aromatic nitrogens is 1. The van der Waals surface area contributed by atoms with Crippen molar-refractivity contribution in [2.45, 2.75) is 32.0 Å². The third-order valence-electron chi connectivity index (χ3n) is 2.16. The first-order valence-electron chi connectivity index (χ1n) is 4.98. The normalized spacial score (nSPS) is 12.8. The van der Waals surface area contributed by atoms with Gasteiger partial charge in [0.25, 0.3) is 0 Å². The zero-order valence-electron chi connectivity index (χ0n) is 9.74. The highest BCUT2D eigenvalue weighted by atomic mass is 79.9. The molecule has 0 saturated carbocycles. The molecule has 0 saturated heterocycles. The number of ketones is 1. The van der Waals surface area contributed by atoms with E-state index >= 15 is 0 Å². The van der Waals surface area contributed by atoms with Crippen molar-refractivity contribution in [2.24, 2.45) is 5.41 Å². The predicted octanol–water partition coefficient (Wildman–Crippen LogP) is 3.58. The summed E-state index contributed by atoms with van der Waals surface area (Å²) in [5, 5.41) is 0. The minimum Gasteiger partial charge on any atom is -0.298 e. The summed E-state index contributed by atoms with van der Waals surface area (Å²) in [6.07, 6.45) is 4.23. The van der Waals surface area contributed by atoms with E-state index in [2.05, 4.69) is 20.9 Å². The number of rotatable bonds is 3. The summed E-state index contributed by atoms with van der Waals surface area (Å²) >= 11 is 3.44. The molecule has 1 heterocycles. The van der Waals surface area contributed by atoms with E-state index in [1.54, 1.807) is 12.4 Å². The molecule has 2 nitrogen and oxygen atoms in total. The zero-order valence-corrected chi connectivity index (χ0v) is 13.0. The van der Waals surface area contributed by atoms with Gasteiger partial charge in [-0.25, -0.2) is 0 Å². The summed E-state index contributed by atoms with van der Waals surface area (Å²) in [6, 6.07) is 3.87. The van der Waals surface area contributed by atoms with Crippen LogP contribution in [0.5, 0.6) is 0 Å². The predicted molar refractivity (Wildman–Crippen MR) is 75.4 cm³/mol. The number of hydrogen-bond acceptors (Lipinski definition) is 2. The molecule has 1 aromatic rings. The summed E-state index contributed by atoms with van der Waals surface area (Å²) in [4.78, 5) is 15.8. The first-order valence-corrected chi connectivity index (χ1v) is 5.90. The lowest BCUT2D eigenvalue weighted by Gasteiger charge is -2.20. The van der Waals surface area contributed by atoms with Gasteiger partial charge in [0.05, 0.1) is 4.83 Å². The monoisotopic (exact) mass is 349 g/mol. The number of alkyl halides is 1. The van der Waals surface area contributed by atoms with Crippen LogP contribution < -0.4 is 0 Å². The van der Waals surface area contributed by atoms with Gasteiger partial charge in [0.15, 0.2) is 5.78 Å². The Hall–Kier alpha value is -0.220. The molecule has 0 amide bonds. The highest BCUT2D eigenvalue weighted by Gasteiger charge is 2.27. The second kappa shape index (κ2) is 6.50. The molecule has 1 rings (SSSR count). The van der Waals surface area contributed by atoms with Gasteiger partial charge in [-0.3, -0.25) is 9.78 Å². The smallest absolute Gasteiger partial charge is 0.152 e. The van der Waals surface area contributed by atoms with E-state index in [1.807, 2.05) is 32.9 Å². The van der Waals surface area contributed by atoms with Crippen molar-refractivity contribution in [1.82, 2.24) is 4.98 Å². The number of pyridine rings is 1. The Labute approximate surface area is 116 Å². The van der Waals surface area contributed by atoms with Gasteiger partial charge in [0.2, 0.25) is 0 Å². The lowest BCUT2D eigenvalue weighted by atomic mass is 9.87. The van der Waals surface area contributed by atoms with E-state index in [0.717, 1.165) is 5.56 Å². The molecule has 0 aliphatic carbocycles. The van der Waals surface area contributed by atoms with Gasteiger partial charge < -0.3 is 0 Å². The molecular formula is C12H17Br2NO. The Kier molecular flexibility index (Phi) is 6.41. The maximum atomic E-state index is 11.9. The highest BCUT2D eigenvalue weighted by Crippen LogP contribution is 2.22. The molecule has 4 heteroatoms. The number of halogens is 2. The maximum absolute atomic E-state index is 11.9. The molecule has 0 bridgehead atoms. The second-order valence-electron chi connectivity index (χ2n) is 4.65. The van der Waals surface area contributed by atoms with Crippen LogP contribution in [-0.4, -0.2) is 15.6 Å². The van der Waals surface area contributed by atoms with Crippen molar-refractivity contribution in [2.75, 3.05) is 0 Å². The van der Waals surface area contributed by atoms with Crippen molar-refractivity contribution in [1.29, 1.82) is 0 Å². The quantitative estimate of drug-likeness (QED) is 0.780. The molecule has 1 aromatic heterocycles. The van der Waals surface area contributed by atoms with Gasteiger partial charge in [-0.2, -0.15) is 0 Å². The van der Waals surface area contributed by atoms with E-state index in [-0.39, 0.29) is 33.0 Å². The Morgan fingerprint density at radius 2 is 2.12 bits per heavy atom. The molecule has 90 valence electrons. The molecule has 0 fully saturated rings. The topological polar surface area (TPSA) is 30.0 Å². The minimum atomic E-state index is -0.295. The Bertz CT molecular complexity index is 333. The van der Waals surface area contributed by atoms with Crippen LogP contribution in [0.25, 0.3) is 0 Å². The van der Waals surface area contributed by atoms with E-state index in [9.17, 15) is 4.79 Å². The number of carbonyl (C=O) groups excluding carboxylic acids is 1. The first kappa shape index (κ1) is 15.8. The van der Waals surface area contributed by atoms with Crippen LogP contribution in [0.4, 0.5) is 0 Å². The molecule has 0 aromatic carbocycles. The average Bonchev–Trinajstić information content (AvgIpc) is 2.16. The van der Waals surface area contributed by atoms with Crippen molar-refractivity contribution in [3.63, 3.8) is 0 Å². The fourth-order valence-electron chi connectivity index (χ4n) is 1.29. The Balaban J connectivity index is 0.00000225. The van der Waals surface area contributed by atoms with Crippen LogP contribution in [0.1, 0.15) is 26.3 Å². The van der Waals surface area contributed by atoms with Crippen molar-refractivity contribution in [3.05, 3.63) is 30.1 Å². The van der Waals surface area contributed by atoms with Gasteiger partial charge in [-0.1, -0.05) is 42.8 Å². The van der Waals surface area contributed by atoms with E-state index in [1.165, 1.54) is 0 Å². The van der Waals surface area contributed by atoms with E-state index in [4.69, 9.17) is 0 Å². The van der Waals surface area contributed by atoms with Gasteiger partial charge in [0.1, 0.15) is 0 Å². The maximum Gasteiger partial charge on any atom is 0.152 e. The minimum absolute atomic E-state index is 0. The van der Waals surface area contributed by atoms with Gasteiger partial charge in [-0.15, -0.1) is 17.0 Å². The number of nitrogens with zero attached hydrogens (tertiary/aromatic N) is 1. The molecule has 0 spiro atoms. The highest BCUT2D eigenvalue weighted by molar-refractivity contribution is 9.10. The van der Waals surface area contributed by atoms with Crippen molar-refractivity contribution >= 4 is 38.7 Å². The van der Waals surface area contributed by atoms with E-state index < -0.39 is 0 Å². The third kappa shape index (κ3) is 4.74. The van der Waals surface area contributed by atoms with E-state index in [0.29, 0.717) is 6.42 Å². The molecule has 1 atom stereocenters. The summed E-state index contributed by atoms with van der Waals surface area (Å²) in [6.45, 7) is 5.81.